The van der Waals surface area contributed by atoms with Crippen LogP contribution in [-0.4, -0.2) is 29.8 Å². The van der Waals surface area contributed by atoms with E-state index in [0.29, 0.717) is 28.0 Å². The van der Waals surface area contributed by atoms with E-state index in [2.05, 4.69) is 20.9 Å². The second-order valence-corrected chi connectivity index (χ2v) is 5.28. The monoisotopic (exact) mass is 345 g/mol. The zero-order chi connectivity index (χ0) is 14.0. The number of carbonyl (C=O) groups is 1. The van der Waals surface area contributed by atoms with Crippen molar-refractivity contribution >= 4 is 44.4 Å². The minimum Gasteiger partial charge on any atom is -0.464 e. The van der Waals surface area contributed by atoms with E-state index < -0.39 is 5.97 Å². The Morgan fingerprint density at radius 2 is 2.26 bits per heavy atom. The number of benzene rings is 1. The minimum absolute atomic E-state index is 0.0715. The molecule has 4 nitrogen and oxygen atoms in total. The maximum Gasteiger partial charge on any atom is 0.354 e. The van der Waals surface area contributed by atoms with Crippen molar-refractivity contribution in [3.05, 3.63) is 32.9 Å². The maximum atomic E-state index is 11.8. The van der Waals surface area contributed by atoms with E-state index >= 15 is 0 Å². The Balaban J connectivity index is 2.65. The minimum atomic E-state index is -0.424. The number of fused-ring (bicyclic) bond motifs is 1. The summed E-state index contributed by atoms with van der Waals surface area (Å²) >= 11 is 9.45. The smallest absolute Gasteiger partial charge is 0.354 e. The lowest BCUT2D eigenvalue weighted by Gasteiger charge is -2.02. The molecule has 0 aliphatic heterocycles. The predicted molar refractivity (Wildman–Crippen MR) is 77.8 cm³/mol. The van der Waals surface area contributed by atoms with E-state index in [1.54, 1.807) is 6.07 Å². The number of esters is 1. The lowest BCUT2D eigenvalue weighted by Crippen LogP contribution is -2.05. The van der Waals surface area contributed by atoms with Crippen molar-refractivity contribution < 1.29 is 14.6 Å². The molecule has 0 aliphatic rings. The van der Waals surface area contributed by atoms with Crippen molar-refractivity contribution in [2.75, 3.05) is 13.7 Å². The van der Waals surface area contributed by atoms with Crippen LogP contribution in [0.25, 0.3) is 10.9 Å². The van der Waals surface area contributed by atoms with Gasteiger partial charge < -0.3 is 14.8 Å². The average molecular weight is 347 g/mol. The number of aliphatic hydroxyl groups is 1. The molecule has 1 heterocycles. The molecule has 0 amide bonds. The summed E-state index contributed by atoms with van der Waals surface area (Å²) in [7, 11) is 1.34. The van der Waals surface area contributed by atoms with Gasteiger partial charge in [-0.05, 0) is 40.4 Å². The molecule has 0 unspecified atom stereocenters. The summed E-state index contributed by atoms with van der Waals surface area (Å²) in [6.07, 6.45) is 1.17. The van der Waals surface area contributed by atoms with Crippen LogP contribution in [0, 0.1) is 0 Å². The third-order valence-corrected chi connectivity index (χ3v) is 4.31. The topological polar surface area (TPSA) is 62.3 Å². The average Bonchev–Trinajstić information content (AvgIpc) is 2.79. The number of aliphatic hydroxyl groups excluding tert-OH is 1. The number of aryl methyl sites for hydroxylation is 1. The fraction of sp³-hybridized carbons (Fsp3) is 0.308. The number of nitrogens with one attached hydrogen (secondary N) is 1. The number of methoxy groups -OCH3 is 1. The number of halogens is 2. The zero-order valence-corrected chi connectivity index (χ0v) is 12.6. The highest BCUT2D eigenvalue weighted by molar-refractivity contribution is 9.10. The molecular formula is C13H13BrClNO3. The van der Waals surface area contributed by atoms with E-state index in [-0.39, 0.29) is 6.61 Å². The van der Waals surface area contributed by atoms with Crippen molar-refractivity contribution in [2.24, 2.45) is 0 Å². The molecule has 0 aliphatic carbocycles. The lowest BCUT2D eigenvalue weighted by atomic mass is 10.1. The van der Waals surface area contributed by atoms with Gasteiger partial charge in [0.2, 0.25) is 0 Å². The molecule has 1 aromatic carbocycles. The molecule has 19 heavy (non-hydrogen) atoms. The van der Waals surface area contributed by atoms with Crippen LogP contribution >= 0.6 is 27.5 Å². The molecule has 102 valence electrons. The standard InChI is InChI=1S/C13H13BrClNO3/c1-19-13(18)12-7(3-2-6-17)8-4-5-9(15)10(14)11(8)16-12/h4-5,16-17H,2-3,6H2,1H3. The summed E-state index contributed by atoms with van der Waals surface area (Å²) in [6.45, 7) is 0.0715. The number of hydrogen-bond acceptors (Lipinski definition) is 3. The van der Waals surface area contributed by atoms with E-state index in [1.165, 1.54) is 7.11 Å². The molecule has 0 fully saturated rings. The third kappa shape index (κ3) is 2.63. The summed E-state index contributed by atoms with van der Waals surface area (Å²) in [5.41, 5.74) is 2.02. The number of H-pyrrole nitrogens is 1. The first kappa shape index (κ1) is 14.4. The molecule has 0 spiro atoms. The summed E-state index contributed by atoms with van der Waals surface area (Å²) in [6, 6.07) is 3.63. The van der Waals surface area contributed by atoms with Gasteiger partial charge in [0.1, 0.15) is 5.69 Å². The molecule has 2 N–H and O–H groups in total. The normalized spacial score (nSPS) is 10.9. The van der Waals surface area contributed by atoms with Gasteiger partial charge in [-0.25, -0.2) is 4.79 Å². The molecule has 6 heteroatoms. The summed E-state index contributed by atoms with van der Waals surface area (Å²) in [4.78, 5) is 14.8. The van der Waals surface area contributed by atoms with Gasteiger partial charge in [-0.1, -0.05) is 17.7 Å². The number of ether oxygens (including phenoxy) is 1. The Bertz CT molecular complexity index is 624. The van der Waals surface area contributed by atoms with Crippen LogP contribution in [0.4, 0.5) is 0 Å². The van der Waals surface area contributed by atoms with E-state index in [4.69, 9.17) is 21.4 Å². The van der Waals surface area contributed by atoms with Crippen LogP contribution in [0.3, 0.4) is 0 Å². The highest BCUT2D eigenvalue weighted by atomic mass is 79.9. The van der Waals surface area contributed by atoms with Gasteiger partial charge in [-0.3, -0.25) is 0 Å². The van der Waals surface area contributed by atoms with Crippen LogP contribution in [-0.2, 0) is 11.2 Å². The molecule has 2 rings (SSSR count). The lowest BCUT2D eigenvalue weighted by molar-refractivity contribution is 0.0593. The highest BCUT2D eigenvalue weighted by Gasteiger charge is 2.19. The number of aromatic nitrogens is 1. The Labute approximate surface area is 123 Å². The largest absolute Gasteiger partial charge is 0.464 e. The van der Waals surface area contributed by atoms with Gasteiger partial charge in [0, 0.05) is 12.0 Å². The van der Waals surface area contributed by atoms with Gasteiger partial charge in [-0.2, -0.15) is 0 Å². The van der Waals surface area contributed by atoms with Crippen LogP contribution in [0.1, 0.15) is 22.5 Å². The zero-order valence-electron chi connectivity index (χ0n) is 10.3. The fourth-order valence-corrected chi connectivity index (χ4v) is 2.65. The third-order valence-electron chi connectivity index (χ3n) is 2.95. The first-order valence-electron chi connectivity index (χ1n) is 5.77. The Kier molecular flexibility index (Phi) is 4.50. The van der Waals surface area contributed by atoms with Crippen molar-refractivity contribution in [3.63, 3.8) is 0 Å². The van der Waals surface area contributed by atoms with Crippen molar-refractivity contribution in [2.45, 2.75) is 12.8 Å². The Hall–Kier alpha value is -1.04. The molecule has 0 atom stereocenters. The molecule has 0 saturated heterocycles. The highest BCUT2D eigenvalue weighted by Crippen LogP contribution is 2.34. The second kappa shape index (κ2) is 5.94. The maximum absolute atomic E-state index is 11.8. The van der Waals surface area contributed by atoms with Crippen LogP contribution < -0.4 is 0 Å². The SMILES string of the molecule is COC(=O)c1[nH]c2c(Br)c(Cl)ccc2c1CCCO. The quantitative estimate of drug-likeness (QED) is 0.835. The van der Waals surface area contributed by atoms with Crippen LogP contribution in [0.15, 0.2) is 16.6 Å². The predicted octanol–water partition coefficient (Wildman–Crippen LogP) is 3.30. The van der Waals surface area contributed by atoms with E-state index in [0.717, 1.165) is 16.5 Å². The molecule has 2 aromatic rings. The van der Waals surface area contributed by atoms with Gasteiger partial charge in [-0.15, -0.1) is 0 Å². The van der Waals surface area contributed by atoms with Crippen LogP contribution in [0.2, 0.25) is 5.02 Å². The first-order valence-corrected chi connectivity index (χ1v) is 6.95. The molecule has 1 aromatic heterocycles. The summed E-state index contributed by atoms with van der Waals surface area (Å²) in [5.74, 6) is -0.424. The molecule has 0 bridgehead atoms. The van der Waals surface area contributed by atoms with E-state index in [1.807, 2.05) is 6.07 Å². The fourth-order valence-electron chi connectivity index (χ4n) is 2.05. The molecular weight excluding hydrogens is 334 g/mol. The molecule has 0 saturated carbocycles. The van der Waals surface area contributed by atoms with E-state index in [9.17, 15) is 4.79 Å². The number of rotatable bonds is 4. The van der Waals surface area contributed by atoms with Crippen molar-refractivity contribution in [1.82, 2.24) is 4.98 Å². The number of carbonyl (C=O) groups excluding carboxylic acids is 1. The summed E-state index contributed by atoms with van der Waals surface area (Å²) < 4.78 is 5.49. The van der Waals surface area contributed by atoms with Gasteiger partial charge in [0.15, 0.2) is 0 Å². The van der Waals surface area contributed by atoms with Gasteiger partial charge >= 0.3 is 5.97 Å². The van der Waals surface area contributed by atoms with Crippen LogP contribution in [0.5, 0.6) is 0 Å². The number of aromatic amines is 1. The van der Waals surface area contributed by atoms with Crippen molar-refractivity contribution in [1.29, 1.82) is 0 Å². The van der Waals surface area contributed by atoms with Crippen molar-refractivity contribution in [3.8, 4) is 0 Å². The number of hydrogen-bond donors (Lipinski definition) is 2. The Morgan fingerprint density at radius 3 is 2.89 bits per heavy atom. The Morgan fingerprint density at radius 1 is 1.53 bits per heavy atom. The molecule has 0 radical (unpaired) electrons. The van der Waals surface area contributed by atoms with Gasteiger partial charge in [0.05, 0.1) is 22.1 Å². The first-order chi connectivity index (χ1) is 9.10. The van der Waals surface area contributed by atoms with Gasteiger partial charge in [0.25, 0.3) is 0 Å². The second-order valence-electron chi connectivity index (χ2n) is 4.08. The summed E-state index contributed by atoms with van der Waals surface area (Å²) in [5, 5.41) is 10.4.